The molecule has 0 saturated carbocycles. The van der Waals surface area contributed by atoms with E-state index in [-0.39, 0.29) is 5.56 Å². The Balaban J connectivity index is 1.84. The quantitative estimate of drug-likeness (QED) is 0.552. The third kappa shape index (κ3) is 2.90. The van der Waals surface area contributed by atoms with Crippen LogP contribution in [0.25, 0.3) is 11.4 Å². The van der Waals surface area contributed by atoms with Crippen LogP contribution in [0.4, 0.5) is 11.5 Å². The van der Waals surface area contributed by atoms with Gasteiger partial charge in [-0.05, 0) is 17.1 Å². The minimum atomic E-state index is -0.698. The molecule has 0 fully saturated rings. The Bertz CT molecular complexity index is 883. The van der Waals surface area contributed by atoms with Crippen molar-refractivity contribution in [2.24, 2.45) is 7.05 Å². The lowest BCUT2D eigenvalue weighted by molar-refractivity contribution is -0.389. The number of nitrogens with zero attached hydrogens (tertiary/aromatic N) is 5. The molecule has 3 rings (SSSR count). The number of rotatable bonds is 4. The zero-order valence-electron chi connectivity index (χ0n) is 11.9. The van der Waals surface area contributed by atoms with Gasteiger partial charge in [-0.3, -0.25) is 9.48 Å². The fraction of sp³-hybridized carbons (Fsp3) is 0.0769. The van der Waals surface area contributed by atoms with Gasteiger partial charge in [0.25, 0.3) is 5.91 Å². The Hall–Kier alpha value is -3.56. The van der Waals surface area contributed by atoms with E-state index in [0.717, 1.165) is 6.20 Å². The Kier molecular flexibility index (Phi) is 3.55. The zero-order valence-corrected chi connectivity index (χ0v) is 11.9. The topological polar surface area (TPSA) is 132 Å². The fourth-order valence-electron chi connectivity index (χ4n) is 1.99. The molecular formula is C13H11N7O3. The van der Waals surface area contributed by atoms with Crippen molar-refractivity contribution in [3.63, 3.8) is 0 Å². The number of anilines is 1. The molecule has 0 spiro atoms. The van der Waals surface area contributed by atoms with E-state index in [0.29, 0.717) is 17.1 Å². The van der Waals surface area contributed by atoms with E-state index in [2.05, 4.69) is 25.6 Å². The minimum absolute atomic E-state index is 0.142. The van der Waals surface area contributed by atoms with Gasteiger partial charge in [0.15, 0.2) is 11.4 Å². The smallest absolute Gasteiger partial charge is 0.355 e. The molecule has 0 unspecified atom stereocenters. The number of amides is 1. The molecule has 2 aromatic heterocycles. The van der Waals surface area contributed by atoms with Gasteiger partial charge in [-0.1, -0.05) is 17.2 Å². The SMILES string of the molecule is Cn1cnc(-c2cccc(NC(=O)c3cn[nH]c3[N+](=O)[O-])c2)n1. The maximum absolute atomic E-state index is 12.1. The van der Waals surface area contributed by atoms with E-state index in [9.17, 15) is 14.9 Å². The number of nitro groups is 1. The second-order valence-corrected chi connectivity index (χ2v) is 4.67. The van der Waals surface area contributed by atoms with Crippen LogP contribution in [0.15, 0.2) is 36.8 Å². The van der Waals surface area contributed by atoms with Crippen LogP contribution in [-0.2, 0) is 7.05 Å². The third-order valence-corrected chi connectivity index (χ3v) is 3.02. The summed E-state index contributed by atoms with van der Waals surface area (Å²) < 4.78 is 1.56. The minimum Gasteiger partial charge on any atom is -0.358 e. The van der Waals surface area contributed by atoms with Crippen molar-refractivity contribution in [2.45, 2.75) is 0 Å². The molecule has 0 aliphatic heterocycles. The number of hydrogen-bond donors (Lipinski definition) is 2. The fourth-order valence-corrected chi connectivity index (χ4v) is 1.99. The summed E-state index contributed by atoms with van der Waals surface area (Å²) in [6.07, 6.45) is 2.67. The van der Waals surface area contributed by atoms with E-state index in [1.165, 1.54) is 0 Å². The first kappa shape index (κ1) is 14.4. The van der Waals surface area contributed by atoms with Crippen molar-refractivity contribution in [3.05, 3.63) is 52.5 Å². The Morgan fingerprint density at radius 2 is 2.26 bits per heavy atom. The van der Waals surface area contributed by atoms with E-state index >= 15 is 0 Å². The Morgan fingerprint density at radius 1 is 1.43 bits per heavy atom. The number of aromatic amines is 1. The molecule has 2 N–H and O–H groups in total. The highest BCUT2D eigenvalue weighted by Crippen LogP contribution is 2.21. The van der Waals surface area contributed by atoms with Gasteiger partial charge in [-0.25, -0.2) is 4.98 Å². The molecular weight excluding hydrogens is 302 g/mol. The van der Waals surface area contributed by atoms with Gasteiger partial charge in [-0.2, -0.15) is 5.10 Å². The summed E-state index contributed by atoms with van der Waals surface area (Å²) in [6.45, 7) is 0. The molecule has 1 amide bonds. The number of H-pyrrole nitrogens is 1. The van der Waals surface area contributed by atoms with Crippen LogP contribution in [-0.4, -0.2) is 35.8 Å². The predicted molar refractivity (Wildman–Crippen MR) is 79.6 cm³/mol. The third-order valence-electron chi connectivity index (χ3n) is 3.02. The molecule has 3 aromatic rings. The van der Waals surface area contributed by atoms with E-state index in [4.69, 9.17) is 0 Å². The first-order chi connectivity index (χ1) is 11.0. The molecule has 1 aromatic carbocycles. The maximum Gasteiger partial charge on any atom is 0.355 e. The summed E-state index contributed by atoms with van der Waals surface area (Å²) in [5.41, 5.74) is 1.04. The molecule has 0 radical (unpaired) electrons. The molecule has 10 heteroatoms. The predicted octanol–water partition coefficient (Wildman–Crippen LogP) is 1.37. The van der Waals surface area contributed by atoms with Gasteiger partial charge < -0.3 is 15.4 Å². The van der Waals surface area contributed by atoms with Crippen molar-refractivity contribution in [3.8, 4) is 11.4 Å². The number of benzene rings is 1. The first-order valence-corrected chi connectivity index (χ1v) is 6.50. The van der Waals surface area contributed by atoms with Crippen molar-refractivity contribution in [1.29, 1.82) is 0 Å². The summed E-state index contributed by atoms with van der Waals surface area (Å²) >= 11 is 0. The van der Waals surface area contributed by atoms with Crippen molar-refractivity contribution in [1.82, 2.24) is 25.0 Å². The lowest BCUT2D eigenvalue weighted by Crippen LogP contribution is -2.13. The average Bonchev–Trinajstić information content (AvgIpc) is 3.16. The lowest BCUT2D eigenvalue weighted by Gasteiger charge is -2.05. The largest absolute Gasteiger partial charge is 0.358 e. The number of aromatic nitrogens is 5. The number of hydrogen-bond acceptors (Lipinski definition) is 6. The standard InChI is InChI=1S/C13H11N7O3/c1-19-7-14-11(18-19)8-3-2-4-9(5-8)16-13(21)10-6-15-17-12(10)20(22)23/h2-7H,1H3,(H,15,17)(H,16,21). The van der Waals surface area contributed by atoms with Crippen LogP contribution in [0.5, 0.6) is 0 Å². The lowest BCUT2D eigenvalue weighted by atomic mass is 10.2. The summed E-state index contributed by atoms with van der Waals surface area (Å²) in [7, 11) is 1.75. The van der Waals surface area contributed by atoms with Crippen LogP contribution in [0.3, 0.4) is 0 Å². The van der Waals surface area contributed by atoms with Crippen LogP contribution in [0, 0.1) is 10.1 Å². The highest BCUT2D eigenvalue weighted by molar-refractivity contribution is 6.06. The van der Waals surface area contributed by atoms with Crippen LogP contribution >= 0.6 is 0 Å². The van der Waals surface area contributed by atoms with E-state index in [1.807, 2.05) is 0 Å². The van der Waals surface area contributed by atoms with E-state index < -0.39 is 16.6 Å². The highest BCUT2D eigenvalue weighted by atomic mass is 16.6. The molecule has 23 heavy (non-hydrogen) atoms. The monoisotopic (exact) mass is 313 g/mol. The van der Waals surface area contributed by atoms with Crippen LogP contribution in [0.1, 0.15) is 10.4 Å². The molecule has 116 valence electrons. The van der Waals surface area contributed by atoms with Crippen molar-refractivity contribution >= 4 is 17.4 Å². The van der Waals surface area contributed by atoms with Crippen LogP contribution in [0.2, 0.25) is 0 Å². The number of aryl methyl sites for hydroxylation is 1. The number of carbonyl (C=O) groups excluding carboxylic acids is 1. The van der Waals surface area contributed by atoms with E-state index in [1.54, 1.807) is 42.3 Å². The van der Waals surface area contributed by atoms with Gasteiger partial charge in [0, 0.05) is 18.3 Å². The molecule has 0 aliphatic rings. The first-order valence-electron chi connectivity index (χ1n) is 6.50. The Morgan fingerprint density at radius 3 is 2.96 bits per heavy atom. The van der Waals surface area contributed by atoms with Crippen LogP contribution < -0.4 is 5.32 Å². The average molecular weight is 313 g/mol. The molecule has 0 bridgehead atoms. The Labute approximate surface area is 129 Å². The highest BCUT2D eigenvalue weighted by Gasteiger charge is 2.22. The summed E-state index contributed by atoms with van der Waals surface area (Å²) in [6, 6.07) is 6.87. The normalized spacial score (nSPS) is 10.5. The second kappa shape index (κ2) is 5.67. The second-order valence-electron chi connectivity index (χ2n) is 4.67. The molecule has 0 atom stereocenters. The van der Waals surface area contributed by atoms with Gasteiger partial charge in [0.2, 0.25) is 0 Å². The zero-order chi connectivity index (χ0) is 16.4. The number of carbonyl (C=O) groups is 1. The summed E-state index contributed by atoms with van der Waals surface area (Å²) in [5, 5.41) is 23.3. The maximum atomic E-state index is 12.1. The van der Waals surface area contributed by atoms with Gasteiger partial charge in [-0.15, -0.1) is 5.10 Å². The van der Waals surface area contributed by atoms with Gasteiger partial charge in [0.05, 0.1) is 6.20 Å². The molecule has 2 heterocycles. The summed E-state index contributed by atoms with van der Waals surface area (Å²) in [4.78, 5) is 26.4. The summed E-state index contributed by atoms with van der Waals surface area (Å²) in [5.74, 6) is -0.570. The van der Waals surface area contributed by atoms with Gasteiger partial charge in [0.1, 0.15) is 6.33 Å². The molecule has 10 nitrogen and oxygen atoms in total. The molecule has 0 aliphatic carbocycles. The van der Waals surface area contributed by atoms with Crippen molar-refractivity contribution < 1.29 is 9.72 Å². The van der Waals surface area contributed by atoms with Gasteiger partial charge >= 0.3 is 5.82 Å². The number of nitrogens with one attached hydrogen (secondary N) is 2. The molecule has 0 saturated heterocycles. The van der Waals surface area contributed by atoms with Crippen molar-refractivity contribution in [2.75, 3.05) is 5.32 Å².